The molecule has 0 bridgehead atoms. The van der Waals surface area contributed by atoms with Gasteiger partial charge in [-0.25, -0.2) is 4.79 Å². The summed E-state index contributed by atoms with van der Waals surface area (Å²) in [7, 11) is 0. The van der Waals surface area contributed by atoms with Gasteiger partial charge < -0.3 is 4.74 Å². The van der Waals surface area contributed by atoms with Crippen LogP contribution in [0.1, 0.15) is 34.6 Å². The fourth-order valence-electron chi connectivity index (χ4n) is 1.84. The zero-order valence-electron chi connectivity index (χ0n) is 13.5. The lowest BCUT2D eigenvalue weighted by Gasteiger charge is -2.19. The molecule has 2 rings (SSSR count). The van der Waals surface area contributed by atoms with Crippen LogP contribution in [0.15, 0.2) is 28.1 Å². The van der Waals surface area contributed by atoms with Gasteiger partial charge in [-0.3, -0.25) is 19.7 Å². The second kappa shape index (κ2) is 5.79. The van der Waals surface area contributed by atoms with Crippen LogP contribution in [-0.4, -0.2) is 32.7 Å². The number of carbonyl (C=O) groups is 1. The van der Waals surface area contributed by atoms with Crippen molar-refractivity contribution in [3.8, 4) is 0 Å². The molecule has 0 unspecified atom stereocenters. The molecule has 2 heterocycles. The maximum absolute atomic E-state index is 12.5. The Labute approximate surface area is 134 Å². The predicted octanol–water partition coefficient (Wildman–Crippen LogP) is 2.92. The minimum Gasteiger partial charge on any atom is -0.444 e. The molecule has 22 heavy (non-hydrogen) atoms. The van der Waals surface area contributed by atoms with Gasteiger partial charge in [0.25, 0.3) is 5.56 Å². The number of hydrogen-bond donors (Lipinski definition) is 1. The molecule has 0 spiro atoms. The molecular weight excluding hydrogens is 302 g/mol. The zero-order chi connectivity index (χ0) is 16.5. The highest BCUT2D eigenvalue weighted by Gasteiger charge is 2.27. The van der Waals surface area contributed by atoms with Crippen LogP contribution >= 0.6 is 11.8 Å². The largest absolute Gasteiger partial charge is 0.444 e. The number of carbonyl (C=O) groups excluding carboxylic acids is 1. The van der Waals surface area contributed by atoms with Gasteiger partial charge in [-0.1, -0.05) is 11.8 Å². The van der Waals surface area contributed by atoms with Crippen molar-refractivity contribution in [2.45, 2.75) is 45.8 Å². The highest BCUT2D eigenvalue weighted by atomic mass is 32.2. The van der Waals surface area contributed by atoms with E-state index in [0.29, 0.717) is 5.17 Å². The summed E-state index contributed by atoms with van der Waals surface area (Å²) in [6.07, 6.45) is 0.999. The minimum atomic E-state index is -0.649. The first-order valence-corrected chi connectivity index (χ1v) is 8.01. The van der Waals surface area contributed by atoms with Crippen molar-refractivity contribution in [1.82, 2.24) is 4.57 Å². The van der Waals surface area contributed by atoms with Gasteiger partial charge in [-0.15, -0.1) is 0 Å². The van der Waals surface area contributed by atoms with Crippen LogP contribution in [0.5, 0.6) is 0 Å². The highest BCUT2D eigenvalue weighted by Crippen LogP contribution is 2.27. The van der Waals surface area contributed by atoms with Crippen molar-refractivity contribution in [1.29, 1.82) is 0 Å². The molecule has 0 aromatic carbocycles. The van der Waals surface area contributed by atoms with Gasteiger partial charge in [0.05, 0.1) is 5.54 Å². The Hall–Kier alpha value is -1.76. The van der Waals surface area contributed by atoms with Crippen molar-refractivity contribution in [3.05, 3.63) is 28.7 Å². The van der Waals surface area contributed by atoms with Crippen molar-refractivity contribution in [2.75, 3.05) is 11.1 Å². The van der Waals surface area contributed by atoms with Crippen LogP contribution in [0, 0.1) is 0 Å². The van der Waals surface area contributed by atoms with E-state index < -0.39 is 11.7 Å². The minimum absolute atomic E-state index is 0.171. The number of nitrogens with zero attached hydrogens (tertiary/aromatic N) is 2. The summed E-state index contributed by atoms with van der Waals surface area (Å²) in [5, 5.41) is 3.13. The predicted molar refractivity (Wildman–Crippen MR) is 89.9 cm³/mol. The first-order valence-electron chi connectivity index (χ1n) is 7.02. The number of pyridine rings is 1. The summed E-state index contributed by atoms with van der Waals surface area (Å²) >= 11 is 1.52. The molecule has 0 atom stereocenters. The molecule has 6 nitrogen and oxygen atoms in total. The molecule has 1 aliphatic rings. The van der Waals surface area contributed by atoms with Crippen LogP contribution in [0.2, 0.25) is 0 Å². The fraction of sp³-hybridized carbons (Fsp3) is 0.533. The molecule has 0 radical (unpaired) electrons. The van der Waals surface area contributed by atoms with Gasteiger partial charge in [0.15, 0.2) is 5.17 Å². The van der Waals surface area contributed by atoms with E-state index in [9.17, 15) is 9.59 Å². The summed E-state index contributed by atoms with van der Waals surface area (Å²) < 4.78 is 6.61. The number of ether oxygens (including phenoxy) is 1. The molecule has 7 heteroatoms. The first-order chi connectivity index (χ1) is 10.1. The van der Waals surface area contributed by atoms with Gasteiger partial charge >= 0.3 is 6.09 Å². The molecule has 1 aliphatic heterocycles. The second-order valence-electron chi connectivity index (χ2n) is 6.72. The van der Waals surface area contributed by atoms with E-state index in [1.54, 1.807) is 39.1 Å². The van der Waals surface area contributed by atoms with Crippen LogP contribution in [0.25, 0.3) is 0 Å². The number of hydrogen-bond acceptors (Lipinski definition) is 5. The maximum Gasteiger partial charge on any atom is 0.412 e. The number of anilines is 1. The Balaban J connectivity index is 2.24. The van der Waals surface area contributed by atoms with E-state index in [1.807, 2.05) is 13.8 Å². The Kier molecular flexibility index (Phi) is 4.37. The zero-order valence-corrected chi connectivity index (χ0v) is 14.3. The van der Waals surface area contributed by atoms with E-state index >= 15 is 0 Å². The third kappa shape index (κ3) is 4.13. The Morgan fingerprint density at radius 2 is 2.14 bits per heavy atom. The molecule has 1 N–H and O–H groups in total. The molecule has 0 aliphatic carbocycles. The normalized spacial score (nSPS) is 17.0. The van der Waals surface area contributed by atoms with E-state index in [1.165, 1.54) is 16.3 Å². The number of rotatable bonds is 1. The molecule has 0 fully saturated rings. The number of aliphatic imine (C=N–C) groups is 1. The smallest absolute Gasteiger partial charge is 0.412 e. The monoisotopic (exact) mass is 323 g/mol. The van der Waals surface area contributed by atoms with Gasteiger partial charge in [0.1, 0.15) is 11.3 Å². The number of amides is 1. The summed E-state index contributed by atoms with van der Waals surface area (Å²) in [5.74, 6) is 0.818. The van der Waals surface area contributed by atoms with Gasteiger partial charge in [0.2, 0.25) is 0 Å². The lowest BCUT2D eigenvalue weighted by atomic mass is 10.1. The molecule has 1 amide bonds. The third-order valence-electron chi connectivity index (χ3n) is 2.74. The van der Waals surface area contributed by atoms with Crippen LogP contribution in [0.3, 0.4) is 0 Å². The van der Waals surface area contributed by atoms with E-state index in [-0.39, 0.29) is 16.8 Å². The SMILES string of the molecule is CC1(C)CSC(n2cccc(NC(=O)OC(C)(C)C)c2=O)=N1. The van der Waals surface area contributed by atoms with Crippen molar-refractivity contribution in [3.63, 3.8) is 0 Å². The maximum atomic E-state index is 12.5. The molecule has 1 aromatic rings. The van der Waals surface area contributed by atoms with Gasteiger partial charge in [0, 0.05) is 11.9 Å². The van der Waals surface area contributed by atoms with E-state index in [4.69, 9.17) is 4.74 Å². The van der Waals surface area contributed by atoms with Crippen LogP contribution < -0.4 is 10.9 Å². The lowest BCUT2D eigenvalue weighted by Crippen LogP contribution is -2.31. The molecule has 1 aromatic heterocycles. The van der Waals surface area contributed by atoms with Crippen LogP contribution in [0.4, 0.5) is 10.5 Å². The molecule has 0 saturated carbocycles. The Morgan fingerprint density at radius 3 is 2.68 bits per heavy atom. The average molecular weight is 323 g/mol. The van der Waals surface area contributed by atoms with Crippen LogP contribution in [-0.2, 0) is 4.74 Å². The third-order valence-corrected chi connectivity index (χ3v) is 4.14. The van der Waals surface area contributed by atoms with Crippen molar-refractivity contribution in [2.24, 2.45) is 4.99 Å². The lowest BCUT2D eigenvalue weighted by molar-refractivity contribution is 0.0635. The topological polar surface area (TPSA) is 72.7 Å². The van der Waals surface area contributed by atoms with E-state index in [2.05, 4.69) is 10.3 Å². The quantitative estimate of drug-likeness (QED) is 0.862. The number of nitrogens with one attached hydrogen (secondary N) is 1. The van der Waals surface area contributed by atoms with Gasteiger partial charge in [-0.05, 0) is 46.8 Å². The average Bonchev–Trinajstić information content (AvgIpc) is 2.70. The fourth-order valence-corrected chi connectivity index (χ4v) is 2.98. The second-order valence-corrected chi connectivity index (χ2v) is 7.66. The Bertz CT molecular complexity index is 671. The van der Waals surface area contributed by atoms with Gasteiger partial charge in [-0.2, -0.15) is 0 Å². The summed E-state index contributed by atoms with van der Waals surface area (Å²) in [6, 6.07) is 3.25. The first kappa shape index (κ1) is 16.6. The summed E-state index contributed by atoms with van der Waals surface area (Å²) in [6.45, 7) is 9.33. The molecule has 120 valence electrons. The number of thioether (sulfide) groups is 1. The molecule has 0 saturated heterocycles. The Morgan fingerprint density at radius 1 is 1.45 bits per heavy atom. The highest BCUT2D eigenvalue weighted by molar-refractivity contribution is 8.14. The number of aromatic nitrogens is 1. The summed E-state index contributed by atoms with van der Waals surface area (Å²) in [4.78, 5) is 28.8. The summed E-state index contributed by atoms with van der Waals surface area (Å²) in [5.41, 5.74) is -0.955. The molecular formula is C15H21N3O3S. The standard InChI is InChI=1S/C15H21N3O3S/c1-14(2,3)21-13(20)16-10-7-6-8-18(11(10)19)12-17-15(4,5)9-22-12/h6-8H,9H2,1-5H3,(H,16,20). The van der Waals surface area contributed by atoms with Crippen molar-refractivity contribution < 1.29 is 9.53 Å². The van der Waals surface area contributed by atoms with E-state index in [0.717, 1.165) is 5.75 Å². The van der Waals surface area contributed by atoms with Crippen molar-refractivity contribution >= 4 is 28.7 Å².